The van der Waals surface area contributed by atoms with Crippen molar-refractivity contribution in [2.75, 3.05) is 40.3 Å². The van der Waals surface area contributed by atoms with Crippen LogP contribution >= 0.6 is 0 Å². The number of benzene rings is 1. The summed E-state index contributed by atoms with van der Waals surface area (Å²) < 4.78 is 19.6. The van der Waals surface area contributed by atoms with Crippen molar-refractivity contribution in [3.05, 3.63) is 35.1 Å². The van der Waals surface area contributed by atoms with Gasteiger partial charge in [-0.15, -0.1) is 0 Å². The molecule has 0 spiro atoms. The van der Waals surface area contributed by atoms with E-state index in [0.29, 0.717) is 24.3 Å². The van der Waals surface area contributed by atoms with E-state index in [1.807, 2.05) is 20.2 Å². The van der Waals surface area contributed by atoms with Gasteiger partial charge in [0.15, 0.2) is 0 Å². The lowest BCUT2D eigenvalue weighted by atomic mass is 10.1. The highest BCUT2D eigenvalue weighted by Gasteiger charge is 2.21. The molecule has 108 valence electrons. The Morgan fingerprint density at radius 3 is 2.95 bits per heavy atom. The monoisotopic (exact) mass is 277 g/mol. The van der Waals surface area contributed by atoms with Crippen LogP contribution in [0.4, 0.5) is 4.39 Å². The molecule has 4 nitrogen and oxygen atoms in total. The van der Waals surface area contributed by atoms with E-state index in [4.69, 9.17) is 10.00 Å². The number of hydrogen-bond donors (Lipinski definition) is 0. The second kappa shape index (κ2) is 6.80. The zero-order valence-electron chi connectivity index (χ0n) is 12.0. The molecule has 2 rings (SSSR count). The van der Waals surface area contributed by atoms with Gasteiger partial charge in [0.05, 0.1) is 24.3 Å². The molecule has 20 heavy (non-hydrogen) atoms. The van der Waals surface area contributed by atoms with Crippen molar-refractivity contribution < 1.29 is 9.13 Å². The Balaban J connectivity index is 1.97. The maximum Gasteiger partial charge on any atom is 0.129 e. The van der Waals surface area contributed by atoms with Gasteiger partial charge in [0, 0.05) is 31.7 Å². The number of likely N-dealkylation sites (N-methyl/N-ethyl adjacent to an activating group) is 1. The molecule has 1 fully saturated rings. The van der Waals surface area contributed by atoms with Crippen LogP contribution in [-0.2, 0) is 11.3 Å². The van der Waals surface area contributed by atoms with E-state index in [9.17, 15) is 4.39 Å². The lowest BCUT2D eigenvalue weighted by molar-refractivity contribution is -0.0409. The fourth-order valence-electron chi connectivity index (χ4n) is 2.43. The Bertz CT molecular complexity index is 498. The van der Waals surface area contributed by atoms with Crippen LogP contribution in [0.5, 0.6) is 0 Å². The summed E-state index contributed by atoms with van der Waals surface area (Å²) in [5, 5.41) is 8.74. The quantitative estimate of drug-likeness (QED) is 0.835. The molecule has 1 atom stereocenters. The Kier molecular flexibility index (Phi) is 5.07. The van der Waals surface area contributed by atoms with Crippen molar-refractivity contribution in [3.63, 3.8) is 0 Å². The molecule has 0 aliphatic carbocycles. The standard InChI is InChI=1S/C15H20FN3O/c1-18(2)10-14-11-19(5-6-20-14)9-13-4-3-12(8-17)7-15(13)16/h3-4,7,14H,5-6,9-11H2,1-2H3/t14-/m0/s1. The minimum atomic E-state index is -0.306. The first-order valence-corrected chi connectivity index (χ1v) is 6.75. The lowest BCUT2D eigenvalue weighted by Gasteiger charge is -2.34. The van der Waals surface area contributed by atoms with E-state index in [1.165, 1.54) is 6.07 Å². The third-order valence-corrected chi connectivity index (χ3v) is 3.37. The third-order valence-electron chi connectivity index (χ3n) is 3.37. The van der Waals surface area contributed by atoms with Gasteiger partial charge in [-0.3, -0.25) is 4.90 Å². The van der Waals surface area contributed by atoms with E-state index >= 15 is 0 Å². The molecule has 1 saturated heterocycles. The molecular formula is C15H20FN3O. The van der Waals surface area contributed by atoms with Crippen LogP contribution in [0.3, 0.4) is 0 Å². The summed E-state index contributed by atoms with van der Waals surface area (Å²) >= 11 is 0. The Hall–Kier alpha value is -1.48. The second-order valence-corrected chi connectivity index (χ2v) is 5.41. The summed E-state index contributed by atoms with van der Waals surface area (Å²) in [6.07, 6.45) is 0.167. The molecule has 0 bridgehead atoms. The van der Waals surface area contributed by atoms with Gasteiger partial charge in [-0.05, 0) is 26.2 Å². The SMILES string of the molecule is CN(C)C[C@H]1CN(Cc2ccc(C#N)cc2F)CCO1. The predicted molar refractivity (Wildman–Crippen MR) is 74.7 cm³/mol. The second-order valence-electron chi connectivity index (χ2n) is 5.41. The largest absolute Gasteiger partial charge is 0.374 e. The number of nitrogens with zero attached hydrogens (tertiary/aromatic N) is 3. The molecule has 0 aromatic heterocycles. The van der Waals surface area contributed by atoms with Gasteiger partial charge in [0.2, 0.25) is 0 Å². The molecule has 1 aliphatic heterocycles. The molecule has 0 N–H and O–H groups in total. The van der Waals surface area contributed by atoms with Gasteiger partial charge in [-0.25, -0.2) is 4.39 Å². The van der Waals surface area contributed by atoms with Crippen LogP contribution in [0.15, 0.2) is 18.2 Å². The maximum absolute atomic E-state index is 13.9. The minimum absolute atomic E-state index is 0.167. The molecule has 1 aromatic carbocycles. The van der Waals surface area contributed by atoms with E-state index < -0.39 is 0 Å². The number of halogens is 1. The molecule has 1 heterocycles. The van der Waals surface area contributed by atoms with Gasteiger partial charge in [-0.1, -0.05) is 6.07 Å². The lowest BCUT2D eigenvalue weighted by Crippen LogP contribution is -2.46. The van der Waals surface area contributed by atoms with Gasteiger partial charge in [0.25, 0.3) is 0 Å². The number of hydrogen-bond acceptors (Lipinski definition) is 4. The van der Waals surface area contributed by atoms with Crippen molar-refractivity contribution in [2.45, 2.75) is 12.6 Å². The van der Waals surface area contributed by atoms with Crippen LogP contribution < -0.4 is 0 Å². The van der Waals surface area contributed by atoms with Crippen LogP contribution in [0.25, 0.3) is 0 Å². The number of nitriles is 1. The molecule has 0 saturated carbocycles. The topological polar surface area (TPSA) is 39.5 Å². The van der Waals surface area contributed by atoms with Gasteiger partial charge < -0.3 is 9.64 Å². The first-order valence-electron chi connectivity index (χ1n) is 6.75. The smallest absolute Gasteiger partial charge is 0.129 e. The molecule has 0 unspecified atom stereocenters. The highest BCUT2D eigenvalue weighted by molar-refractivity contribution is 5.32. The Labute approximate surface area is 119 Å². The van der Waals surface area contributed by atoms with Crippen molar-refractivity contribution in [1.82, 2.24) is 9.80 Å². The van der Waals surface area contributed by atoms with Crippen molar-refractivity contribution >= 4 is 0 Å². The number of morpholine rings is 1. The average molecular weight is 277 g/mol. The first-order chi connectivity index (χ1) is 9.58. The molecular weight excluding hydrogens is 257 g/mol. The summed E-state index contributed by atoms with van der Waals surface area (Å²) in [5.41, 5.74) is 0.994. The molecule has 5 heteroatoms. The van der Waals surface area contributed by atoms with Crippen molar-refractivity contribution in [1.29, 1.82) is 5.26 Å². The molecule has 1 aliphatic rings. The van der Waals surface area contributed by atoms with Gasteiger partial charge in [-0.2, -0.15) is 5.26 Å². The zero-order valence-corrected chi connectivity index (χ0v) is 12.0. The first kappa shape index (κ1) is 14.9. The van der Waals surface area contributed by atoms with E-state index in [-0.39, 0.29) is 11.9 Å². The van der Waals surface area contributed by atoms with Crippen LogP contribution in [0.1, 0.15) is 11.1 Å². The summed E-state index contributed by atoms with van der Waals surface area (Å²) in [7, 11) is 4.03. The third kappa shape index (κ3) is 4.01. The van der Waals surface area contributed by atoms with E-state index in [1.54, 1.807) is 12.1 Å². The zero-order chi connectivity index (χ0) is 14.5. The molecule has 0 amide bonds. The van der Waals surface area contributed by atoms with E-state index in [0.717, 1.165) is 19.6 Å². The van der Waals surface area contributed by atoms with Crippen LogP contribution in [-0.4, -0.2) is 56.2 Å². The van der Waals surface area contributed by atoms with Gasteiger partial charge >= 0.3 is 0 Å². The summed E-state index contributed by atoms with van der Waals surface area (Å²) in [4.78, 5) is 4.29. The molecule has 1 aromatic rings. The Morgan fingerprint density at radius 2 is 2.30 bits per heavy atom. The molecule has 0 radical (unpaired) electrons. The number of ether oxygens (including phenoxy) is 1. The van der Waals surface area contributed by atoms with Crippen LogP contribution in [0, 0.1) is 17.1 Å². The van der Waals surface area contributed by atoms with Crippen molar-refractivity contribution in [3.8, 4) is 6.07 Å². The highest BCUT2D eigenvalue weighted by Crippen LogP contribution is 2.15. The summed E-state index contributed by atoms with van der Waals surface area (Å²) in [6.45, 7) is 3.72. The van der Waals surface area contributed by atoms with Crippen LogP contribution in [0.2, 0.25) is 0 Å². The summed E-state index contributed by atoms with van der Waals surface area (Å²) in [6, 6.07) is 6.61. The fourth-order valence-corrected chi connectivity index (χ4v) is 2.43. The normalized spacial score (nSPS) is 20.1. The minimum Gasteiger partial charge on any atom is -0.374 e. The Morgan fingerprint density at radius 1 is 1.50 bits per heavy atom. The maximum atomic E-state index is 13.9. The van der Waals surface area contributed by atoms with Crippen molar-refractivity contribution in [2.24, 2.45) is 0 Å². The highest BCUT2D eigenvalue weighted by atomic mass is 19.1. The summed E-state index contributed by atoms with van der Waals surface area (Å²) in [5.74, 6) is -0.306. The average Bonchev–Trinajstić information content (AvgIpc) is 2.41. The van der Waals surface area contributed by atoms with E-state index in [2.05, 4.69) is 9.80 Å². The number of rotatable bonds is 4. The van der Waals surface area contributed by atoms with Gasteiger partial charge in [0.1, 0.15) is 5.82 Å². The fraction of sp³-hybridized carbons (Fsp3) is 0.533. The predicted octanol–water partition coefficient (Wildman–Crippen LogP) is 1.46.